The molecule has 0 bridgehead atoms. The van der Waals surface area contributed by atoms with Gasteiger partial charge in [0.1, 0.15) is 0 Å². The van der Waals surface area contributed by atoms with Crippen molar-refractivity contribution in [1.82, 2.24) is 15.1 Å². The highest BCUT2D eigenvalue weighted by Crippen LogP contribution is 2.21. The summed E-state index contributed by atoms with van der Waals surface area (Å²) in [6.45, 7) is 3.18. The van der Waals surface area contributed by atoms with Crippen LogP contribution < -0.4 is 10.6 Å². The summed E-state index contributed by atoms with van der Waals surface area (Å²) in [6, 6.07) is 14.9. The number of benzene rings is 2. The molecule has 0 spiro atoms. The normalized spacial score (nSPS) is 14.6. The molecule has 0 aromatic heterocycles. The maximum atomic E-state index is 12.4. The third-order valence-corrected chi connectivity index (χ3v) is 5.37. The largest absolute Gasteiger partial charge is 0.334 e. The van der Waals surface area contributed by atoms with Crippen LogP contribution in [0.25, 0.3) is 0 Å². The van der Waals surface area contributed by atoms with Gasteiger partial charge in [0, 0.05) is 47.9 Å². The van der Waals surface area contributed by atoms with Gasteiger partial charge in [0.2, 0.25) is 5.91 Å². The van der Waals surface area contributed by atoms with Gasteiger partial charge in [-0.05, 0) is 29.8 Å². The molecule has 3 rings (SSSR count). The van der Waals surface area contributed by atoms with Gasteiger partial charge in [-0.2, -0.15) is 0 Å². The molecule has 0 saturated carbocycles. The summed E-state index contributed by atoms with van der Waals surface area (Å²) in [6.07, 6.45) is 0. The summed E-state index contributed by atoms with van der Waals surface area (Å²) in [5.74, 6) is -0.0472. The fraction of sp³-hybridized carbons (Fsp3) is 0.300. The molecule has 1 heterocycles. The molecule has 6 nitrogen and oxygen atoms in total. The number of halogens is 2. The first kappa shape index (κ1) is 20.6. The average Bonchev–Trinajstić information content (AvgIpc) is 2.68. The molecule has 2 aromatic rings. The van der Waals surface area contributed by atoms with E-state index in [4.69, 9.17) is 11.6 Å². The number of nitrogens with zero attached hydrogens (tertiary/aromatic N) is 2. The first-order chi connectivity index (χ1) is 13.5. The number of urea groups is 1. The van der Waals surface area contributed by atoms with E-state index in [1.807, 2.05) is 53.4 Å². The molecule has 0 aliphatic carbocycles. The fourth-order valence-electron chi connectivity index (χ4n) is 2.98. The predicted octanol–water partition coefficient (Wildman–Crippen LogP) is 3.57. The molecule has 1 aliphatic heterocycles. The molecule has 2 aromatic carbocycles. The lowest BCUT2D eigenvalue weighted by Gasteiger charge is -2.34. The summed E-state index contributed by atoms with van der Waals surface area (Å²) in [7, 11) is 0. The Hall–Kier alpha value is -2.09. The van der Waals surface area contributed by atoms with E-state index in [9.17, 15) is 9.59 Å². The van der Waals surface area contributed by atoms with Gasteiger partial charge in [0.05, 0.1) is 6.54 Å². The number of nitrogens with one attached hydrogen (secondary N) is 2. The van der Waals surface area contributed by atoms with Gasteiger partial charge in [-0.3, -0.25) is 9.69 Å². The smallest absolute Gasteiger partial charge is 0.317 e. The van der Waals surface area contributed by atoms with Crippen molar-refractivity contribution in [2.75, 3.05) is 38.0 Å². The van der Waals surface area contributed by atoms with Crippen molar-refractivity contribution >= 4 is 45.2 Å². The zero-order chi connectivity index (χ0) is 19.9. The van der Waals surface area contributed by atoms with Crippen LogP contribution in [-0.2, 0) is 11.3 Å². The third kappa shape index (κ3) is 5.95. The zero-order valence-electron chi connectivity index (χ0n) is 15.3. The van der Waals surface area contributed by atoms with E-state index in [2.05, 4.69) is 26.6 Å². The molecule has 148 valence electrons. The number of rotatable bonds is 5. The van der Waals surface area contributed by atoms with Gasteiger partial charge in [-0.1, -0.05) is 51.8 Å². The second kappa shape index (κ2) is 9.91. The molecular weight excluding hydrogens is 444 g/mol. The van der Waals surface area contributed by atoms with Crippen LogP contribution in [0.5, 0.6) is 0 Å². The second-order valence-electron chi connectivity index (χ2n) is 6.57. The Kier molecular flexibility index (Phi) is 7.30. The van der Waals surface area contributed by atoms with Gasteiger partial charge in [0.15, 0.2) is 0 Å². The number of anilines is 1. The quantitative estimate of drug-likeness (QED) is 0.709. The Morgan fingerprint density at radius 2 is 1.75 bits per heavy atom. The van der Waals surface area contributed by atoms with E-state index in [0.29, 0.717) is 44.3 Å². The van der Waals surface area contributed by atoms with Crippen LogP contribution in [-0.4, -0.2) is 54.5 Å². The summed E-state index contributed by atoms with van der Waals surface area (Å²) in [4.78, 5) is 28.3. The topological polar surface area (TPSA) is 64.7 Å². The van der Waals surface area contributed by atoms with E-state index in [1.165, 1.54) is 0 Å². The molecule has 1 saturated heterocycles. The minimum Gasteiger partial charge on any atom is -0.334 e. The lowest BCUT2D eigenvalue weighted by atomic mass is 10.2. The minimum absolute atomic E-state index is 0.0472. The van der Waals surface area contributed by atoms with E-state index in [-0.39, 0.29) is 11.9 Å². The van der Waals surface area contributed by atoms with Gasteiger partial charge >= 0.3 is 6.03 Å². The highest BCUT2D eigenvalue weighted by atomic mass is 79.9. The second-order valence-corrected chi connectivity index (χ2v) is 7.89. The van der Waals surface area contributed by atoms with Crippen molar-refractivity contribution in [3.63, 3.8) is 0 Å². The monoisotopic (exact) mass is 464 g/mol. The van der Waals surface area contributed by atoms with E-state index >= 15 is 0 Å². The molecule has 3 amide bonds. The Labute approximate surface area is 178 Å². The Morgan fingerprint density at radius 1 is 1.04 bits per heavy atom. The number of carbonyl (C=O) groups is 2. The van der Waals surface area contributed by atoms with Crippen molar-refractivity contribution < 1.29 is 9.59 Å². The van der Waals surface area contributed by atoms with E-state index in [1.54, 1.807) is 4.90 Å². The number of hydrogen-bond donors (Lipinski definition) is 2. The summed E-state index contributed by atoms with van der Waals surface area (Å²) in [5.41, 5.74) is 1.66. The minimum atomic E-state index is -0.118. The molecule has 1 fully saturated rings. The zero-order valence-corrected chi connectivity index (χ0v) is 17.7. The van der Waals surface area contributed by atoms with E-state index < -0.39 is 0 Å². The first-order valence-corrected chi connectivity index (χ1v) is 10.2. The Bertz CT molecular complexity index is 826. The SMILES string of the molecule is O=C(CN1CCN(C(=O)NCc2ccc(Br)cc2Cl)CC1)Nc1ccccc1. The van der Waals surface area contributed by atoms with Crippen LogP contribution in [0.15, 0.2) is 53.0 Å². The summed E-state index contributed by atoms with van der Waals surface area (Å²) in [5, 5.41) is 6.40. The van der Waals surface area contributed by atoms with Crippen LogP contribution >= 0.6 is 27.5 Å². The maximum Gasteiger partial charge on any atom is 0.317 e. The molecule has 2 N–H and O–H groups in total. The molecule has 8 heteroatoms. The van der Waals surface area contributed by atoms with Crippen LogP contribution in [0.3, 0.4) is 0 Å². The standard InChI is InChI=1S/C20H22BrClN4O2/c21-16-7-6-15(18(22)12-16)13-23-20(28)26-10-8-25(9-11-26)14-19(27)24-17-4-2-1-3-5-17/h1-7,12H,8-11,13-14H2,(H,23,28)(H,24,27). The van der Waals surface area contributed by atoms with Crippen molar-refractivity contribution in [2.45, 2.75) is 6.54 Å². The molecular formula is C20H22BrClN4O2. The predicted molar refractivity (Wildman–Crippen MR) is 114 cm³/mol. The first-order valence-electron chi connectivity index (χ1n) is 9.05. The van der Waals surface area contributed by atoms with Gasteiger partial charge in [-0.25, -0.2) is 4.79 Å². The van der Waals surface area contributed by atoms with Crippen LogP contribution in [0.1, 0.15) is 5.56 Å². The Morgan fingerprint density at radius 3 is 2.43 bits per heavy atom. The number of para-hydroxylation sites is 1. The molecule has 28 heavy (non-hydrogen) atoms. The average molecular weight is 466 g/mol. The number of hydrogen-bond acceptors (Lipinski definition) is 3. The van der Waals surface area contributed by atoms with Crippen molar-refractivity contribution in [2.24, 2.45) is 0 Å². The van der Waals surface area contributed by atoms with Gasteiger partial charge in [-0.15, -0.1) is 0 Å². The lowest BCUT2D eigenvalue weighted by Crippen LogP contribution is -2.52. The number of carbonyl (C=O) groups excluding carboxylic acids is 2. The van der Waals surface area contributed by atoms with Gasteiger partial charge < -0.3 is 15.5 Å². The van der Waals surface area contributed by atoms with Crippen LogP contribution in [0, 0.1) is 0 Å². The summed E-state index contributed by atoms with van der Waals surface area (Å²) < 4.78 is 0.903. The number of amides is 3. The molecule has 0 unspecified atom stereocenters. The highest BCUT2D eigenvalue weighted by molar-refractivity contribution is 9.10. The van der Waals surface area contributed by atoms with Crippen molar-refractivity contribution in [1.29, 1.82) is 0 Å². The maximum absolute atomic E-state index is 12.4. The van der Waals surface area contributed by atoms with Crippen LogP contribution in [0.4, 0.5) is 10.5 Å². The number of piperazine rings is 1. The van der Waals surface area contributed by atoms with Crippen molar-refractivity contribution in [3.8, 4) is 0 Å². The van der Waals surface area contributed by atoms with Crippen molar-refractivity contribution in [3.05, 3.63) is 63.6 Å². The van der Waals surface area contributed by atoms with Gasteiger partial charge in [0.25, 0.3) is 0 Å². The molecule has 1 aliphatic rings. The third-order valence-electron chi connectivity index (χ3n) is 4.53. The lowest BCUT2D eigenvalue weighted by molar-refractivity contribution is -0.117. The summed E-state index contributed by atoms with van der Waals surface area (Å²) >= 11 is 9.55. The van der Waals surface area contributed by atoms with Crippen LogP contribution in [0.2, 0.25) is 5.02 Å². The highest BCUT2D eigenvalue weighted by Gasteiger charge is 2.22. The Balaban J connectivity index is 1.40. The van der Waals surface area contributed by atoms with E-state index in [0.717, 1.165) is 15.7 Å². The fourth-order valence-corrected chi connectivity index (χ4v) is 3.72. The molecule has 0 atom stereocenters. The molecule has 0 radical (unpaired) electrons.